The van der Waals surface area contributed by atoms with E-state index in [1.807, 2.05) is 0 Å². The first kappa shape index (κ1) is 44.0. The monoisotopic (exact) mass is 897 g/mol. The molecule has 6 heterocycles. The standard InChI is InChI=1S/C30H41N7O17P2S2/c1-15(2)49-29(40)45-13-57-55(42)48-10-19-23(24(44-5)27(52-19)36-7-6-20(38)35-28(36)39)54-56(43,58-14-46-30(41)50-16(3)4)47-9-18-17(53-55)8-21(51-18)37-12-34-22-25(31)32-11-33-26(22)37/h6-7,11-12,15-19,21,23-24,27H,8-10,13-14H2,1-5H3,(H2,31,32,33)(H,35,38,39)/t17-,18+,19+,21+,23+,24+,27+,55?,56?/m0/s1. The third-order valence-corrected chi connectivity index (χ3v) is 15.0. The van der Waals surface area contributed by atoms with Gasteiger partial charge in [-0.3, -0.25) is 37.0 Å². The summed E-state index contributed by atoms with van der Waals surface area (Å²) in [7, 11) is 1.26. The number of carbonyl (C=O) groups excluding carboxylic acids is 2. The quantitative estimate of drug-likeness (QED) is 0.157. The molecule has 9 atom stereocenters. The highest BCUT2D eigenvalue weighted by Gasteiger charge is 2.53. The normalized spacial score (nSPS) is 30.3. The zero-order valence-electron chi connectivity index (χ0n) is 31.5. The molecule has 3 aliphatic rings. The van der Waals surface area contributed by atoms with E-state index in [0.29, 0.717) is 28.4 Å². The summed E-state index contributed by atoms with van der Waals surface area (Å²) in [4.78, 5) is 63.8. The van der Waals surface area contributed by atoms with Gasteiger partial charge in [0.25, 0.3) is 5.56 Å². The van der Waals surface area contributed by atoms with E-state index >= 15 is 0 Å². The SMILES string of the molecule is CO[C@@H]1[C@@H]2OP(=O)(SCOC(=O)OC(C)C)OC[C@H]3O[C@@H](n4cnc5c(N)ncnc54)C[C@@H]3OP(=O)(SCOC(=O)OC(C)C)OC[C@H]2O[C@H]1n1ccc(=O)[nH]c1=O. The lowest BCUT2D eigenvalue weighted by Crippen LogP contribution is -2.40. The number of nitrogen functional groups attached to an aromatic ring is 1. The van der Waals surface area contributed by atoms with E-state index < -0.39 is 117 Å². The molecule has 3 aromatic heterocycles. The highest BCUT2D eigenvalue weighted by atomic mass is 32.7. The van der Waals surface area contributed by atoms with E-state index in [2.05, 4.69) is 19.9 Å². The van der Waals surface area contributed by atoms with Gasteiger partial charge in [0.05, 0.1) is 31.7 Å². The Morgan fingerprint density at radius 2 is 1.55 bits per heavy atom. The fraction of sp³-hybridized carbons (Fsp3) is 0.633. The molecule has 0 saturated carbocycles. The van der Waals surface area contributed by atoms with Crippen molar-refractivity contribution in [3.8, 4) is 0 Å². The van der Waals surface area contributed by atoms with Crippen molar-refractivity contribution in [1.82, 2.24) is 29.1 Å². The van der Waals surface area contributed by atoms with E-state index in [1.165, 1.54) is 19.8 Å². The van der Waals surface area contributed by atoms with Gasteiger partial charge in [-0.2, -0.15) is 0 Å². The molecule has 0 spiro atoms. The maximum absolute atomic E-state index is 14.7. The molecule has 2 unspecified atom stereocenters. The molecule has 6 rings (SSSR count). The molecule has 24 nitrogen and oxygen atoms in total. The van der Waals surface area contributed by atoms with Crippen molar-refractivity contribution in [2.75, 3.05) is 37.9 Å². The molecular formula is C30H41N7O17P2S2. The molecule has 3 aliphatic heterocycles. The molecule has 0 bridgehead atoms. The Morgan fingerprint density at radius 1 is 0.914 bits per heavy atom. The minimum Gasteiger partial charge on any atom is -0.432 e. The van der Waals surface area contributed by atoms with Crippen molar-refractivity contribution in [3.63, 3.8) is 0 Å². The number of imidazole rings is 1. The summed E-state index contributed by atoms with van der Waals surface area (Å²) >= 11 is 0.993. The summed E-state index contributed by atoms with van der Waals surface area (Å²) in [5.41, 5.74) is 5.03. The van der Waals surface area contributed by atoms with Gasteiger partial charge in [-0.05, 0) is 27.7 Å². The van der Waals surface area contributed by atoms with Gasteiger partial charge in [0.15, 0.2) is 29.6 Å². The zero-order valence-corrected chi connectivity index (χ0v) is 34.9. The van der Waals surface area contributed by atoms with Gasteiger partial charge in [0.2, 0.25) is 0 Å². The smallest absolute Gasteiger partial charge is 0.432 e. The Hall–Kier alpha value is -3.55. The molecule has 0 aliphatic carbocycles. The Balaban J connectivity index is 1.34. The molecule has 0 radical (unpaired) electrons. The largest absolute Gasteiger partial charge is 0.509 e. The first-order valence-electron chi connectivity index (χ1n) is 17.5. The van der Waals surface area contributed by atoms with Crippen LogP contribution in [0.2, 0.25) is 0 Å². The number of fused-ring (bicyclic) bond motifs is 3. The van der Waals surface area contributed by atoms with Crippen LogP contribution in [0.3, 0.4) is 0 Å². The third kappa shape index (κ3) is 10.6. The first-order chi connectivity index (χ1) is 27.6. The number of hydrogen-bond acceptors (Lipinski definition) is 23. The van der Waals surface area contributed by atoms with Crippen LogP contribution in [0.4, 0.5) is 15.4 Å². The van der Waals surface area contributed by atoms with Crippen molar-refractivity contribution < 1.29 is 70.0 Å². The lowest BCUT2D eigenvalue weighted by molar-refractivity contribution is -0.0624. The van der Waals surface area contributed by atoms with Crippen molar-refractivity contribution in [2.45, 2.75) is 89.3 Å². The number of ether oxygens (including phenoxy) is 7. The summed E-state index contributed by atoms with van der Waals surface area (Å²) in [5, 5.41) is 0. The maximum Gasteiger partial charge on any atom is 0.509 e. The van der Waals surface area contributed by atoms with Crippen molar-refractivity contribution in [3.05, 3.63) is 45.8 Å². The second kappa shape index (κ2) is 18.8. The second-order valence-electron chi connectivity index (χ2n) is 13.0. The third-order valence-electron chi connectivity index (χ3n) is 8.31. The first-order valence-corrected chi connectivity index (χ1v) is 23.7. The molecule has 320 valence electrons. The van der Waals surface area contributed by atoms with Crippen LogP contribution >= 0.6 is 36.4 Å². The molecule has 3 N–H and O–H groups in total. The fourth-order valence-corrected chi connectivity index (χ4v) is 11.5. The van der Waals surface area contributed by atoms with Crippen LogP contribution < -0.4 is 17.0 Å². The van der Waals surface area contributed by atoms with E-state index in [-0.39, 0.29) is 17.8 Å². The van der Waals surface area contributed by atoms with Gasteiger partial charge in [-0.1, -0.05) is 0 Å². The summed E-state index contributed by atoms with van der Waals surface area (Å²) in [6.07, 6.45) is -7.80. The van der Waals surface area contributed by atoms with Crippen LogP contribution in [0.25, 0.3) is 11.2 Å². The zero-order chi connectivity index (χ0) is 41.8. The average molecular weight is 898 g/mol. The van der Waals surface area contributed by atoms with E-state index in [0.717, 1.165) is 16.8 Å². The number of rotatable bonds is 11. The number of nitrogens with two attached hydrogens (primary N) is 1. The van der Waals surface area contributed by atoms with Crippen LogP contribution in [0.15, 0.2) is 34.5 Å². The number of aromatic amines is 1. The topological polar surface area (TPSA) is 294 Å². The molecule has 0 aromatic carbocycles. The summed E-state index contributed by atoms with van der Waals surface area (Å²) in [5.74, 6) is -1.00. The maximum atomic E-state index is 14.7. The van der Waals surface area contributed by atoms with Gasteiger partial charge < -0.3 is 38.9 Å². The second-order valence-corrected chi connectivity index (χ2v) is 21.0. The minimum absolute atomic E-state index is 0.0263. The van der Waals surface area contributed by atoms with Crippen molar-refractivity contribution in [1.29, 1.82) is 0 Å². The Labute approximate surface area is 336 Å². The van der Waals surface area contributed by atoms with Gasteiger partial charge in [0, 0.05) is 48.6 Å². The van der Waals surface area contributed by atoms with Gasteiger partial charge >= 0.3 is 31.6 Å². The number of aromatic nitrogens is 6. The number of carbonyl (C=O) groups is 2. The highest BCUT2D eigenvalue weighted by molar-refractivity contribution is 8.55. The average Bonchev–Trinajstić information content (AvgIpc) is 3.84. The lowest BCUT2D eigenvalue weighted by atomic mass is 10.1. The molecule has 3 aromatic rings. The number of nitrogens with zero attached hydrogens (tertiary/aromatic N) is 5. The summed E-state index contributed by atoms with van der Waals surface area (Å²) < 4.78 is 94.7. The van der Waals surface area contributed by atoms with Crippen molar-refractivity contribution >= 4 is 65.7 Å². The van der Waals surface area contributed by atoms with E-state index in [1.54, 1.807) is 32.3 Å². The van der Waals surface area contributed by atoms with E-state index in [9.17, 15) is 28.3 Å². The van der Waals surface area contributed by atoms with Gasteiger partial charge in [-0.15, -0.1) is 0 Å². The van der Waals surface area contributed by atoms with Crippen LogP contribution in [-0.2, 0) is 60.4 Å². The van der Waals surface area contributed by atoms with Gasteiger partial charge in [-0.25, -0.2) is 38.5 Å². The number of nitrogens with one attached hydrogen (secondary N) is 1. The fourth-order valence-electron chi connectivity index (χ4n) is 5.86. The van der Waals surface area contributed by atoms with Gasteiger partial charge in [0.1, 0.15) is 48.6 Å². The minimum atomic E-state index is -4.48. The van der Waals surface area contributed by atoms with Crippen LogP contribution in [-0.4, -0.2) is 116 Å². The Morgan fingerprint density at radius 3 is 2.17 bits per heavy atom. The molecule has 3 saturated heterocycles. The number of anilines is 1. The molecule has 0 amide bonds. The highest BCUT2D eigenvalue weighted by Crippen LogP contribution is 2.66. The number of methoxy groups -OCH3 is 1. The van der Waals surface area contributed by atoms with Crippen LogP contribution in [0, 0.1) is 0 Å². The van der Waals surface area contributed by atoms with Crippen LogP contribution in [0.5, 0.6) is 0 Å². The molecular weight excluding hydrogens is 856 g/mol. The predicted octanol–water partition coefficient (Wildman–Crippen LogP) is 3.70. The van der Waals surface area contributed by atoms with Crippen molar-refractivity contribution in [2.24, 2.45) is 0 Å². The number of hydrogen-bond donors (Lipinski definition) is 2. The molecule has 3 fully saturated rings. The van der Waals surface area contributed by atoms with Crippen LogP contribution in [0.1, 0.15) is 46.6 Å². The Bertz CT molecular complexity index is 2160. The lowest BCUT2D eigenvalue weighted by Gasteiger charge is -2.30. The number of H-pyrrole nitrogens is 1. The predicted molar refractivity (Wildman–Crippen MR) is 201 cm³/mol. The summed E-state index contributed by atoms with van der Waals surface area (Å²) in [6.45, 7) is -3.58. The van der Waals surface area contributed by atoms with E-state index in [4.69, 9.17) is 57.0 Å². The Kier molecular flexibility index (Phi) is 14.3. The molecule has 28 heteroatoms. The molecule has 58 heavy (non-hydrogen) atoms. The summed E-state index contributed by atoms with van der Waals surface area (Å²) in [6, 6.07) is 1.07.